The molecule has 300 valence electrons. The topological polar surface area (TPSA) is 264 Å². The van der Waals surface area contributed by atoms with Gasteiger partial charge in [-0.1, -0.05) is 30.3 Å². The molecule has 3 aliphatic rings. The van der Waals surface area contributed by atoms with Crippen LogP contribution < -0.4 is 31.7 Å². The normalized spacial score (nSPS) is 17.2. The van der Waals surface area contributed by atoms with Crippen LogP contribution >= 0.6 is 0 Å². The number of piperidine rings is 1. The van der Waals surface area contributed by atoms with Crippen molar-refractivity contribution >= 4 is 53.0 Å². The van der Waals surface area contributed by atoms with Crippen LogP contribution in [0.15, 0.2) is 72.4 Å². The first-order valence-corrected chi connectivity index (χ1v) is 18.2. The van der Waals surface area contributed by atoms with Crippen molar-refractivity contribution in [3.8, 4) is 11.5 Å². The van der Waals surface area contributed by atoms with Crippen molar-refractivity contribution in [1.82, 2.24) is 31.1 Å². The first-order valence-electron chi connectivity index (χ1n) is 18.2. The summed E-state index contributed by atoms with van der Waals surface area (Å²) in [6.07, 6.45) is 2.40. The molecule has 8 amide bonds. The van der Waals surface area contributed by atoms with E-state index < -0.39 is 78.0 Å². The molecule has 0 spiro atoms. The van der Waals surface area contributed by atoms with E-state index in [1.807, 2.05) is 24.3 Å². The van der Waals surface area contributed by atoms with Gasteiger partial charge >= 0.3 is 0 Å². The van der Waals surface area contributed by atoms with E-state index in [4.69, 9.17) is 10.5 Å². The molecule has 0 bridgehead atoms. The van der Waals surface area contributed by atoms with Gasteiger partial charge in [0.2, 0.25) is 17.7 Å². The lowest BCUT2D eigenvalue weighted by atomic mass is 10.0. The van der Waals surface area contributed by atoms with Crippen LogP contribution in [0.25, 0.3) is 0 Å². The third kappa shape index (κ3) is 8.70. The number of aromatic hydroxyl groups is 1. The van der Waals surface area contributed by atoms with Crippen LogP contribution in [-0.4, -0.2) is 107 Å². The highest BCUT2D eigenvalue weighted by molar-refractivity contribution is 6.24. The van der Waals surface area contributed by atoms with Crippen LogP contribution in [0.3, 0.4) is 0 Å². The number of carbonyl (C=O) groups is 9. The number of carbonyl (C=O) groups excluding carboxylic acids is 9. The molecular formula is C40H39N7O11. The Labute approximate surface area is 330 Å². The number of aryl methyl sites for hydroxylation is 1. The number of hydrogen-bond acceptors (Lipinski definition) is 12. The number of imide groups is 2. The molecular weight excluding hydrogens is 754 g/mol. The van der Waals surface area contributed by atoms with Gasteiger partial charge < -0.3 is 36.4 Å². The second-order valence-corrected chi connectivity index (χ2v) is 13.7. The van der Waals surface area contributed by atoms with Crippen LogP contribution in [-0.2, 0) is 30.4 Å². The van der Waals surface area contributed by atoms with Gasteiger partial charge in [-0.3, -0.25) is 53.4 Å². The van der Waals surface area contributed by atoms with E-state index >= 15 is 0 Å². The standard InChI is InChI=1S/C40H39N7O11/c1-46(38(55)24-11-9-22(17-30(24)49)29(48)18-26(41)36(53)44-27-12-10-21-5-2-3-6-23(21)27)16-15-42-33(51)19-43-34(52)20-58-31-8-4-7-25-35(31)40(57)47(39(25)56)28-13-14-32(50)45-37(28)54/h2-9,11,17-18,27-28,49H,10,12-16,19-20,41H2,1H3,(H,42,51)(H,43,52)(H,44,53)(H,45,50,54). The smallest absolute Gasteiger partial charge is 0.267 e. The van der Waals surface area contributed by atoms with Crippen LogP contribution in [0.4, 0.5) is 0 Å². The van der Waals surface area contributed by atoms with Crippen molar-refractivity contribution in [2.24, 2.45) is 5.73 Å². The number of nitrogens with one attached hydrogen (secondary N) is 4. The van der Waals surface area contributed by atoms with Crippen molar-refractivity contribution in [2.45, 2.75) is 37.8 Å². The van der Waals surface area contributed by atoms with E-state index in [1.54, 1.807) is 0 Å². The maximum atomic E-state index is 13.2. The lowest BCUT2D eigenvalue weighted by Crippen LogP contribution is -2.54. The summed E-state index contributed by atoms with van der Waals surface area (Å²) in [6.45, 7) is -1.11. The largest absolute Gasteiger partial charge is 0.507 e. The summed E-state index contributed by atoms with van der Waals surface area (Å²) in [7, 11) is 1.43. The molecule has 6 rings (SSSR count). The summed E-state index contributed by atoms with van der Waals surface area (Å²) in [4.78, 5) is 115. The van der Waals surface area contributed by atoms with E-state index in [0.717, 1.165) is 34.6 Å². The maximum absolute atomic E-state index is 13.2. The first-order chi connectivity index (χ1) is 27.7. The van der Waals surface area contributed by atoms with Gasteiger partial charge in [0.1, 0.15) is 23.2 Å². The molecule has 0 aromatic heterocycles. The Kier molecular flexibility index (Phi) is 11.9. The highest BCUT2D eigenvalue weighted by atomic mass is 16.5. The summed E-state index contributed by atoms with van der Waals surface area (Å²) >= 11 is 0. The third-order valence-electron chi connectivity index (χ3n) is 9.85. The number of nitrogens with two attached hydrogens (primary N) is 1. The Hall–Kier alpha value is -7.37. The molecule has 2 atom stereocenters. The number of amides is 8. The molecule has 18 heteroatoms. The lowest BCUT2D eigenvalue weighted by Gasteiger charge is -2.27. The SMILES string of the molecule is CN(CCNC(=O)CNC(=O)COc1cccc2c1C(=O)N(C1CCC(=O)NC1=O)C2=O)C(=O)c1ccc(C(=O)C=C(N)C(=O)NC2CCc3ccccc32)cc1O. The van der Waals surface area contributed by atoms with Gasteiger partial charge in [0.05, 0.1) is 29.3 Å². The fourth-order valence-electron chi connectivity index (χ4n) is 6.81. The molecule has 7 N–H and O–H groups in total. The van der Waals surface area contributed by atoms with Gasteiger partial charge in [-0.05, 0) is 60.7 Å². The molecule has 2 aliphatic heterocycles. The number of benzene rings is 3. The number of likely N-dealkylation sites (N-methyl/N-ethyl adjacent to an activating group) is 1. The maximum Gasteiger partial charge on any atom is 0.267 e. The zero-order valence-electron chi connectivity index (χ0n) is 31.2. The van der Waals surface area contributed by atoms with Crippen molar-refractivity contribution < 1.29 is 53.0 Å². The summed E-state index contributed by atoms with van der Waals surface area (Å²) in [6, 6.07) is 14.2. The minimum absolute atomic E-state index is 0.00329. The van der Waals surface area contributed by atoms with E-state index in [1.165, 1.54) is 42.3 Å². The average molecular weight is 794 g/mol. The molecule has 2 unspecified atom stereocenters. The fraction of sp³-hybridized carbons (Fsp3) is 0.275. The van der Waals surface area contributed by atoms with Gasteiger partial charge in [0, 0.05) is 38.2 Å². The predicted octanol–water partition coefficient (Wildman–Crippen LogP) is 0.00580. The second kappa shape index (κ2) is 17.2. The molecule has 18 nitrogen and oxygen atoms in total. The number of fused-ring (bicyclic) bond motifs is 2. The molecule has 58 heavy (non-hydrogen) atoms. The number of phenolic OH excluding ortho intramolecular Hbond substituents is 1. The summed E-state index contributed by atoms with van der Waals surface area (Å²) in [5.74, 6) is -6.60. The van der Waals surface area contributed by atoms with Crippen molar-refractivity contribution in [3.63, 3.8) is 0 Å². The Bertz CT molecular complexity index is 2290. The number of nitrogens with zero attached hydrogens (tertiary/aromatic N) is 2. The second-order valence-electron chi connectivity index (χ2n) is 13.7. The lowest BCUT2D eigenvalue weighted by molar-refractivity contribution is -0.136. The minimum Gasteiger partial charge on any atom is -0.507 e. The Morgan fingerprint density at radius 2 is 1.72 bits per heavy atom. The summed E-state index contributed by atoms with van der Waals surface area (Å²) in [5.41, 5.74) is 7.45. The Balaban J connectivity index is 0.925. The molecule has 1 aliphatic carbocycles. The molecule has 1 fully saturated rings. The number of hydrogen-bond donors (Lipinski definition) is 6. The molecule has 3 aromatic rings. The van der Waals surface area contributed by atoms with E-state index in [-0.39, 0.29) is 65.7 Å². The predicted molar refractivity (Wildman–Crippen MR) is 202 cm³/mol. The van der Waals surface area contributed by atoms with Gasteiger partial charge in [0.25, 0.3) is 29.5 Å². The van der Waals surface area contributed by atoms with E-state index in [9.17, 15) is 48.3 Å². The average Bonchev–Trinajstić information content (AvgIpc) is 3.72. The highest BCUT2D eigenvalue weighted by Gasteiger charge is 2.46. The van der Waals surface area contributed by atoms with E-state index in [2.05, 4.69) is 21.3 Å². The summed E-state index contributed by atoms with van der Waals surface area (Å²) in [5, 5.41) is 20.4. The number of rotatable bonds is 14. The quantitative estimate of drug-likeness (QED) is 0.0716. The fourth-order valence-corrected chi connectivity index (χ4v) is 6.81. The van der Waals surface area contributed by atoms with E-state index in [0.29, 0.717) is 6.42 Å². The van der Waals surface area contributed by atoms with Crippen molar-refractivity contribution in [3.05, 3.63) is 106 Å². The zero-order chi connectivity index (χ0) is 41.7. The molecule has 1 saturated heterocycles. The van der Waals surface area contributed by atoms with Crippen LogP contribution in [0, 0.1) is 0 Å². The summed E-state index contributed by atoms with van der Waals surface area (Å²) < 4.78 is 5.50. The third-order valence-corrected chi connectivity index (χ3v) is 9.85. The van der Waals surface area contributed by atoms with Gasteiger partial charge in [-0.15, -0.1) is 0 Å². The Morgan fingerprint density at radius 1 is 0.948 bits per heavy atom. The van der Waals surface area contributed by atoms with Gasteiger partial charge in [-0.25, -0.2) is 0 Å². The molecule has 0 radical (unpaired) electrons. The van der Waals surface area contributed by atoms with Crippen molar-refractivity contribution in [2.75, 3.05) is 33.3 Å². The van der Waals surface area contributed by atoms with Gasteiger partial charge in [0.15, 0.2) is 12.4 Å². The highest BCUT2D eigenvalue weighted by Crippen LogP contribution is 2.34. The van der Waals surface area contributed by atoms with Crippen LogP contribution in [0.1, 0.15) is 77.9 Å². The molecule has 0 saturated carbocycles. The monoisotopic (exact) mass is 793 g/mol. The zero-order valence-corrected chi connectivity index (χ0v) is 31.2. The number of ketones is 1. The van der Waals surface area contributed by atoms with Gasteiger partial charge in [-0.2, -0.15) is 0 Å². The first kappa shape index (κ1) is 40.3. The van der Waals surface area contributed by atoms with Crippen LogP contribution in [0.5, 0.6) is 11.5 Å². The van der Waals surface area contributed by atoms with Crippen molar-refractivity contribution in [1.29, 1.82) is 0 Å². The van der Waals surface area contributed by atoms with Crippen LogP contribution in [0.2, 0.25) is 0 Å². The minimum atomic E-state index is -1.17. The molecule has 2 heterocycles. The number of ether oxygens (including phenoxy) is 1. The number of allylic oxidation sites excluding steroid dienone is 1. The Morgan fingerprint density at radius 3 is 2.48 bits per heavy atom. The molecule has 3 aromatic carbocycles. The number of phenols is 1.